The van der Waals surface area contributed by atoms with E-state index in [-0.39, 0.29) is 51.6 Å². The van der Waals surface area contributed by atoms with Crippen molar-refractivity contribution in [2.45, 2.75) is 132 Å². The van der Waals surface area contributed by atoms with Gasteiger partial charge in [-0.15, -0.1) is 0 Å². The zero-order chi connectivity index (χ0) is 49.1. The number of carbonyl (C=O) groups excluding carboxylic acids is 9. The number of benzene rings is 1. The van der Waals surface area contributed by atoms with Gasteiger partial charge < -0.3 is 74.2 Å². The first kappa shape index (κ1) is 54.1. The minimum Gasteiger partial charge on any atom is -0.480 e. The van der Waals surface area contributed by atoms with Crippen molar-refractivity contribution in [3.8, 4) is 0 Å². The average Bonchev–Trinajstić information content (AvgIpc) is 3.99. The largest absolute Gasteiger partial charge is 0.480 e. The first-order chi connectivity index (χ1) is 31.3. The lowest BCUT2D eigenvalue weighted by atomic mass is 10.1. The molecule has 3 rings (SSSR count). The van der Waals surface area contributed by atoms with Gasteiger partial charge in [0.1, 0.15) is 48.3 Å². The molecule has 0 spiro atoms. The number of carbonyl (C=O) groups is 10. The number of hydrogen-bond acceptors (Lipinski definition) is 14. The number of carboxylic acids is 1. The van der Waals surface area contributed by atoms with E-state index in [1.165, 1.54) is 18.7 Å². The van der Waals surface area contributed by atoms with Gasteiger partial charge in [-0.05, 0) is 70.9 Å². The molecule has 0 aliphatic carbocycles. The van der Waals surface area contributed by atoms with Gasteiger partial charge in [0.05, 0.1) is 19.3 Å². The molecule has 0 aromatic heterocycles. The number of rotatable bonds is 26. The van der Waals surface area contributed by atoms with E-state index in [0.717, 1.165) is 4.90 Å². The smallest absolute Gasteiger partial charge is 0.326 e. The van der Waals surface area contributed by atoms with Crippen molar-refractivity contribution < 1.29 is 63.3 Å². The number of amides is 9. The Labute approximate surface area is 381 Å². The molecule has 24 nitrogen and oxygen atoms in total. The molecule has 24 heteroatoms. The Morgan fingerprint density at radius 1 is 0.652 bits per heavy atom. The summed E-state index contributed by atoms with van der Waals surface area (Å²) in [5.74, 6) is -8.55. The van der Waals surface area contributed by atoms with Crippen LogP contribution in [0.1, 0.15) is 77.2 Å². The van der Waals surface area contributed by atoms with Crippen LogP contribution >= 0.6 is 0 Å². The molecular weight excluding hydrogens is 867 g/mol. The second kappa shape index (κ2) is 26.7. The van der Waals surface area contributed by atoms with Crippen LogP contribution in [0.3, 0.4) is 0 Å². The Balaban J connectivity index is 1.64. The Hall–Kier alpha value is -6.24. The van der Waals surface area contributed by atoms with Crippen molar-refractivity contribution in [3.63, 3.8) is 0 Å². The van der Waals surface area contributed by atoms with E-state index in [2.05, 4.69) is 31.9 Å². The van der Waals surface area contributed by atoms with E-state index in [1.807, 2.05) is 0 Å². The number of aliphatic hydroxyl groups excluding tert-OH is 2. The number of unbranched alkanes of at least 4 members (excludes halogenated alkanes) is 1. The Morgan fingerprint density at radius 3 is 1.70 bits per heavy atom. The molecular formula is C42H65N11O13. The average molecular weight is 932 g/mol. The summed E-state index contributed by atoms with van der Waals surface area (Å²) in [4.78, 5) is 133. The summed E-state index contributed by atoms with van der Waals surface area (Å²) in [5.41, 5.74) is 17.4. The highest BCUT2D eigenvalue weighted by Gasteiger charge is 2.42. The van der Waals surface area contributed by atoms with Gasteiger partial charge in [0, 0.05) is 25.9 Å². The Morgan fingerprint density at radius 2 is 1.17 bits per heavy atom. The van der Waals surface area contributed by atoms with Gasteiger partial charge >= 0.3 is 5.97 Å². The lowest BCUT2D eigenvalue weighted by Crippen LogP contribution is -2.60. The quantitative estimate of drug-likeness (QED) is 0.0387. The predicted octanol–water partition coefficient (Wildman–Crippen LogP) is -5.05. The summed E-state index contributed by atoms with van der Waals surface area (Å²) in [7, 11) is 0. The molecule has 1 aromatic rings. The number of primary amides is 1. The lowest BCUT2D eigenvalue weighted by molar-refractivity contribution is -0.145. The highest BCUT2D eigenvalue weighted by molar-refractivity contribution is 5.98. The molecule has 2 saturated heterocycles. The van der Waals surface area contributed by atoms with Gasteiger partial charge in [-0.25, -0.2) is 4.79 Å². The minimum absolute atomic E-state index is 0.0115. The number of likely N-dealkylation sites (tertiary alicyclic amines) is 2. The predicted molar refractivity (Wildman–Crippen MR) is 234 cm³/mol. The van der Waals surface area contributed by atoms with E-state index >= 15 is 0 Å². The van der Waals surface area contributed by atoms with Crippen LogP contribution < -0.4 is 49.1 Å². The summed E-state index contributed by atoms with van der Waals surface area (Å²) in [6.45, 7) is 1.36. The highest BCUT2D eigenvalue weighted by Crippen LogP contribution is 2.22. The Kier molecular flexibility index (Phi) is 21.8. The summed E-state index contributed by atoms with van der Waals surface area (Å²) < 4.78 is 0. The van der Waals surface area contributed by atoms with Crippen molar-refractivity contribution in [2.24, 2.45) is 17.2 Å². The summed E-state index contributed by atoms with van der Waals surface area (Å²) in [6, 6.07) is -2.96. The van der Waals surface area contributed by atoms with Gasteiger partial charge in [0.2, 0.25) is 53.2 Å². The molecule has 0 bridgehead atoms. The van der Waals surface area contributed by atoms with Gasteiger partial charge in [-0.1, -0.05) is 36.8 Å². The van der Waals surface area contributed by atoms with Gasteiger partial charge in [-0.3, -0.25) is 43.2 Å². The Bertz CT molecular complexity index is 1890. The molecule has 2 aliphatic rings. The third-order valence-corrected chi connectivity index (χ3v) is 11.3. The van der Waals surface area contributed by atoms with Gasteiger partial charge in [-0.2, -0.15) is 0 Å². The topological polar surface area (TPSA) is 388 Å². The van der Waals surface area contributed by atoms with Crippen molar-refractivity contribution in [3.05, 3.63) is 35.9 Å². The molecule has 9 amide bonds. The minimum atomic E-state index is -1.59. The van der Waals surface area contributed by atoms with Crippen LogP contribution in [-0.4, -0.2) is 171 Å². The summed E-state index contributed by atoms with van der Waals surface area (Å²) in [6.07, 6.45) is 1.81. The molecule has 1 aromatic carbocycles. The van der Waals surface area contributed by atoms with Crippen LogP contribution in [0.2, 0.25) is 0 Å². The summed E-state index contributed by atoms with van der Waals surface area (Å²) >= 11 is 0. The molecule has 66 heavy (non-hydrogen) atoms. The maximum Gasteiger partial charge on any atom is 0.326 e. The third-order valence-electron chi connectivity index (χ3n) is 11.3. The molecule has 2 aliphatic heterocycles. The molecule has 2 fully saturated rings. The van der Waals surface area contributed by atoms with Gasteiger partial charge in [0.25, 0.3) is 0 Å². The number of nitrogens with one attached hydrogen (secondary N) is 6. The standard InChI is InChI=1S/C42H65N11O13/c1-23(46-37(60)29(21-54)50-36(59)26(44)12-6-7-17-43)35(58)51-30(22-55)41(64)53-19-9-14-32(53)39(62)48-27(15-16-33(45)56)40(63)52-18-8-13-31(52)38(61)47-24(2)34(57)49-28(42(65)66)20-25-10-4-3-5-11-25/h3-5,10-11,23-24,26-32,54-55H,6-9,12-22,43-44H2,1-2H3,(H2,45,56)(H,46,60)(H,47,61)(H,48,62)(H,49,57)(H,50,59)(H,51,58)(H,65,66)/t23-,24-,26-,27-,28-,29-,30-,31-,32-/m0/s1. The molecule has 2 heterocycles. The lowest BCUT2D eigenvalue weighted by Gasteiger charge is -2.32. The number of carboxylic acid groups (broad SMARTS) is 1. The highest BCUT2D eigenvalue weighted by atomic mass is 16.4. The SMILES string of the molecule is C[C@H](NC(=O)[C@H](CO)NC(=O)[C@@H](N)CCCCN)C(=O)N[C@@H](CO)C(=O)N1CCC[C@H]1C(=O)N[C@@H](CCC(N)=O)C(=O)N1CCC[C@H]1C(=O)N[C@@H](C)C(=O)N[C@@H](Cc1ccccc1)C(=O)O. The second-order valence-corrected chi connectivity index (χ2v) is 16.4. The third kappa shape index (κ3) is 16.0. The monoisotopic (exact) mass is 931 g/mol. The fraction of sp³-hybridized carbons (Fsp3) is 0.619. The van der Waals surface area contributed by atoms with Gasteiger partial charge in [0.15, 0.2) is 0 Å². The zero-order valence-corrected chi connectivity index (χ0v) is 37.2. The molecule has 0 saturated carbocycles. The number of aliphatic carboxylic acids is 1. The number of aliphatic hydroxyl groups is 2. The van der Waals surface area contributed by atoms with E-state index in [9.17, 15) is 63.3 Å². The van der Waals surface area contributed by atoms with Crippen molar-refractivity contribution in [2.75, 3.05) is 32.8 Å². The van der Waals surface area contributed by atoms with Crippen LogP contribution in [0.25, 0.3) is 0 Å². The van der Waals surface area contributed by atoms with Crippen LogP contribution in [0.4, 0.5) is 0 Å². The summed E-state index contributed by atoms with van der Waals surface area (Å²) in [5, 5.41) is 44.1. The molecule has 15 N–H and O–H groups in total. The van der Waals surface area contributed by atoms with Crippen molar-refractivity contribution in [1.82, 2.24) is 41.7 Å². The van der Waals surface area contributed by atoms with E-state index in [1.54, 1.807) is 30.3 Å². The van der Waals surface area contributed by atoms with Crippen LogP contribution in [-0.2, 0) is 54.4 Å². The zero-order valence-electron chi connectivity index (χ0n) is 37.2. The van der Waals surface area contributed by atoms with Crippen molar-refractivity contribution in [1.29, 1.82) is 0 Å². The van der Waals surface area contributed by atoms with Crippen molar-refractivity contribution >= 4 is 59.1 Å². The van der Waals surface area contributed by atoms with E-state index in [4.69, 9.17) is 17.2 Å². The van der Waals surface area contributed by atoms with E-state index < -0.39 is 127 Å². The van der Waals surface area contributed by atoms with Crippen LogP contribution in [0.15, 0.2) is 30.3 Å². The number of nitrogens with zero attached hydrogens (tertiary/aromatic N) is 2. The number of nitrogens with two attached hydrogens (primary N) is 3. The fourth-order valence-corrected chi connectivity index (χ4v) is 7.51. The number of hydrogen-bond donors (Lipinski definition) is 12. The fourth-order valence-electron chi connectivity index (χ4n) is 7.51. The first-order valence-corrected chi connectivity index (χ1v) is 22.0. The molecule has 366 valence electrons. The first-order valence-electron chi connectivity index (χ1n) is 22.0. The van der Waals surface area contributed by atoms with Crippen LogP contribution in [0, 0.1) is 0 Å². The van der Waals surface area contributed by atoms with Crippen LogP contribution in [0.5, 0.6) is 0 Å². The molecule has 0 radical (unpaired) electrons. The maximum absolute atomic E-state index is 14.1. The molecule has 0 unspecified atom stereocenters. The second-order valence-electron chi connectivity index (χ2n) is 16.4. The van der Waals surface area contributed by atoms with E-state index in [0.29, 0.717) is 37.8 Å². The normalized spacial score (nSPS) is 18.9. The molecule has 9 atom stereocenters. The maximum atomic E-state index is 14.1.